The Morgan fingerprint density at radius 2 is 1.68 bits per heavy atom. The highest BCUT2D eigenvalue weighted by Crippen LogP contribution is 2.55. The van der Waals surface area contributed by atoms with Crippen LogP contribution in [-0.4, -0.2) is 30.4 Å². The van der Waals surface area contributed by atoms with Crippen molar-refractivity contribution < 1.29 is 23.5 Å². The minimum Gasteiger partial charge on any atom is -0.469 e. The molecule has 31 heavy (non-hydrogen) atoms. The van der Waals surface area contributed by atoms with Gasteiger partial charge in [-0.1, -0.05) is 13.8 Å². The molecule has 4 fully saturated rings. The van der Waals surface area contributed by atoms with Gasteiger partial charge in [0.05, 0.1) is 19.1 Å². The minimum atomic E-state index is -1.13. The van der Waals surface area contributed by atoms with Crippen molar-refractivity contribution in [3.8, 4) is 0 Å². The normalized spacial score (nSPS) is 28.8. The van der Waals surface area contributed by atoms with Gasteiger partial charge < -0.3 is 15.4 Å². The first-order valence-electron chi connectivity index (χ1n) is 11.1. The molecule has 5 rings (SSSR count). The number of ketones is 1. The molecule has 4 saturated carbocycles. The first kappa shape index (κ1) is 21.8. The lowest BCUT2D eigenvalue weighted by atomic mass is 9.53. The summed E-state index contributed by atoms with van der Waals surface area (Å²) >= 11 is 0. The van der Waals surface area contributed by atoms with Gasteiger partial charge >= 0.3 is 12.0 Å². The Kier molecular flexibility index (Phi) is 5.56. The van der Waals surface area contributed by atoms with E-state index in [4.69, 9.17) is 0 Å². The van der Waals surface area contributed by atoms with Gasteiger partial charge in [0, 0.05) is 16.6 Å². The van der Waals surface area contributed by atoms with Crippen molar-refractivity contribution >= 4 is 23.5 Å². The molecule has 168 valence electrons. The molecule has 2 amide bonds. The van der Waals surface area contributed by atoms with Crippen molar-refractivity contribution in [2.75, 3.05) is 12.4 Å². The van der Waals surface area contributed by atoms with Crippen LogP contribution in [0.4, 0.5) is 14.9 Å². The van der Waals surface area contributed by atoms with Crippen LogP contribution in [0.5, 0.6) is 0 Å². The van der Waals surface area contributed by atoms with Crippen molar-refractivity contribution in [1.82, 2.24) is 5.32 Å². The highest BCUT2D eigenvalue weighted by molar-refractivity contribution is 6.03. The summed E-state index contributed by atoms with van der Waals surface area (Å²) in [6.07, 6.45) is 6.78. The van der Waals surface area contributed by atoms with Crippen molar-refractivity contribution in [1.29, 1.82) is 0 Å². The predicted molar refractivity (Wildman–Crippen MR) is 114 cm³/mol. The number of hydrogen-bond donors (Lipinski definition) is 2. The Bertz CT molecular complexity index is 876. The van der Waals surface area contributed by atoms with Gasteiger partial charge in [-0.2, -0.15) is 0 Å². The quantitative estimate of drug-likeness (QED) is 0.507. The molecule has 0 heterocycles. The van der Waals surface area contributed by atoms with Crippen LogP contribution < -0.4 is 10.6 Å². The second-order valence-corrected chi connectivity index (χ2v) is 10.4. The van der Waals surface area contributed by atoms with E-state index >= 15 is 0 Å². The van der Waals surface area contributed by atoms with Crippen LogP contribution in [0.15, 0.2) is 18.2 Å². The topological polar surface area (TPSA) is 84.5 Å². The number of anilines is 1. The molecule has 4 bridgehead atoms. The van der Waals surface area contributed by atoms with Crippen molar-refractivity contribution in [3.63, 3.8) is 0 Å². The fourth-order valence-electron chi connectivity index (χ4n) is 6.32. The van der Waals surface area contributed by atoms with E-state index in [1.54, 1.807) is 13.8 Å². The van der Waals surface area contributed by atoms with Crippen molar-refractivity contribution in [2.45, 2.75) is 64.3 Å². The Hall–Kier alpha value is -2.44. The summed E-state index contributed by atoms with van der Waals surface area (Å²) in [6, 6.07) is 3.64. The highest BCUT2D eigenvalue weighted by atomic mass is 19.1. The summed E-state index contributed by atoms with van der Waals surface area (Å²) in [6.45, 7) is 3.15. The fraction of sp³-hybridized carbons (Fsp3) is 0.625. The monoisotopic (exact) mass is 430 g/mol. The molecule has 0 saturated heterocycles. The van der Waals surface area contributed by atoms with Gasteiger partial charge in [0.1, 0.15) is 5.82 Å². The summed E-state index contributed by atoms with van der Waals surface area (Å²) < 4.78 is 19.1. The predicted octanol–water partition coefficient (Wildman–Crippen LogP) is 4.69. The van der Waals surface area contributed by atoms with Crippen LogP contribution in [0, 0.1) is 29.0 Å². The number of urea groups is 1. The van der Waals surface area contributed by atoms with E-state index in [1.807, 2.05) is 0 Å². The van der Waals surface area contributed by atoms with E-state index in [0.29, 0.717) is 23.4 Å². The van der Waals surface area contributed by atoms with Crippen LogP contribution in [0.1, 0.15) is 69.2 Å². The molecule has 7 heteroatoms. The second-order valence-electron chi connectivity index (χ2n) is 10.4. The van der Waals surface area contributed by atoms with Gasteiger partial charge in [0.2, 0.25) is 0 Å². The Labute approximate surface area is 182 Å². The number of ether oxygens (including phenoxy) is 1. The molecule has 6 nitrogen and oxygen atoms in total. The lowest BCUT2D eigenvalue weighted by Crippen LogP contribution is -2.60. The standard InChI is InChI=1S/C24H31FN2O4/c1-23(2,13-20(28)31-3)21(29)18-9-17(4-5-19(18)25)26-22(30)27-24-10-14-6-15(11-24)8-16(7-14)12-24/h4-5,9,14-16H,6-8,10-13H2,1-3H3,(H2,26,27,30). The van der Waals surface area contributed by atoms with Gasteiger partial charge in [0.15, 0.2) is 5.78 Å². The van der Waals surface area contributed by atoms with Gasteiger partial charge in [-0.3, -0.25) is 9.59 Å². The number of rotatable bonds is 6. The van der Waals surface area contributed by atoms with Gasteiger partial charge in [0.25, 0.3) is 0 Å². The molecule has 0 unspecified atom stereocenters. The molecule has 0 aliphatic heterocycles. The summed E-state index contributed by atoms with van der Waals surface area (Å²) in [5.74, 6) is 0.384. The number of amides is 2. The number of carbonyl (C=O) groups excluding carboxylic acids is 3. The van der Waals surface area contributed by atoms with Crippen molar-refractivity contribution in [3.05, 3.63) is 29.6 Å². The zero-order valence-electron chi connectivity index (χ0n) is 18.4. The Morgan fingerprint density at radius 3 is 2.23 bits per heavy atom. The summed E-state index contributed by atoms with van der Waals surface area (Å²) in [4.78, 5) is 37.3. The average Bonchev–Trinajstić information content (AvgIpc) is 2.67. The summed E-state index contributed by atoms with van der Waals surface area (Å²) in [7, 11) is 1.25. The Morgan fingerprint density at radius 1 is 1.10 bits per heavy atom. The molecule has 0 spiro atoms. The van der Waals surface area contributed by atoms with Crippen molar-refractivity contribution in [2.24, 2.45) is 23.2 Å². The molecule has 0 atom stereocenters. The zero-order chi connectivity index (χ0) is 22.4. The molecular weight excluding hydrogens is 399 g/mol. The maximum absolute atomic E-state index is 14.4. The lowest BCUT2D eigenvalue weighted by molar-refractivity contribution is -0.142. The SMILES string of the molecule is COC(=O)CC(C)(C)C(=O)c1cc(NC(=O)NC23CC4CC(CC(C4)C2)C3)ccc1F. The van der Waals surface area contributed by atoms with Gasteiger partial charge in [-0.15, -0.1) is 0 Å². The summed E-state index contributed by atoms with van der Waals surface area (Å²) in [5, 5.41) is 5.99. The average molecular weight is 431 g/mol. The highest BCUT2D eigenvalue weighted by Gasteiger charge is 2.51. The molecular formula is C24H31FN2O4. The van der Waals surface area contributed by atoms with Crippen LogP contribution >= 0.6 is 0 Å². The maximum atomic E-state index is 14.4. The number of carbonyl (C=O) groups is 3. The molecule has 1 aromatic carbocycles. The molecule has 4 aliphatic rings. The molecule has 2 N–H and O–H groups in total. The van der Waals surface area contributed by atoms with Crippen LogP contribution in [0.25, 0.3) is 0 Å². The zero-order valence-corrected chi connectivity index (χ0v) is 18.4. The van der Waals surface area contributed by atoms with Crippen LogP contribution in [-0.2, 0) is 9.53 Å². The third-order valence-electron chi connectivity index (χ3n) is 7.31. The van der Waals surface area contributed by atoms with E-state index in [9.17, 15) is 18.8 Å². The molecule has 1 aromatic rings. The molecule has 4 aliphatic carbocycles. The van der Waals surface area contributed by atoms with E-state index in [0.717, 1.165) is 19.3 Å². The number of esters is 1. The minimum absolute atomic E-state index is 0.139. The third-order valence-corrected chi connectivity index (χ3v) is 7.31. The number of benzene rings is 1. The second kappa shape index (κ2) is 7.92. The van der Waals surface area contributed by atoms with Gasteiger partial charge in [-0.25, -0.2) is 9.18 Å². The molecule has 0 radical (unpaired) electrons. The van der Waals surface area contributed by atoms with E-state index in [1.165, 1.54) is 44.6 Å². The number of Topliss-reactive ketones (excluding diaryl/α,β-unsaturated/α-hetero) is 1. The smallest absolute Gasteiger partial charge is 0.319 e. The summed E-state index contributed by atoms with van der Waals surface area (Å²) in [5.41, 5.74) is -1.07. The number of nitrogens with one attached hydrogen (secondary N) is 2. The number of hydrogen-bond acceptors (Lipinski definition) is 4. The third kappa shape index (κ3) is 4.46. The lowest BCUT2D eigenvalue weighted by Gasteiger charge is -2.56. The fourth-order valence-corrected chi connectivity index (χ4v) is 6.32. The van der Waals surface area contributed by atoms with E-state index in [2.05, 4.69) is 15.4 Å². The largest absolute Gasteiger partial charge is 0.469 e. The number of halogens is 1. The Balaban J connectivity index is 1.45. The van der Waals surface area contributed by atoms with Crippen LogP contribution in [0.3, 0.4) is 0 Å². The maximum Gasteiger partial charge on any atom is 0.319 e. The number of methoxy groups -OCH3 is 1. The molecule has 0 aromatic heterocycles. The van der Waals surface area contributed by atoms with E-state index < -0.39 is 23.0 Å². The van der Waals surface area contributed by atoms with E-state index in [-0.39, 0.29) is 23.6 Å². The van der Waals surface area contributed by atoms with Gasteiger partial charge in [-0.05, 0) is 74.5 Å². The first-order chi connectivity index (χ1) is 14.6. The van der Waals surface area contributed by atoms with Crippen LogP contribution in [0.2, 0.25) is 0 Å². The first-order valence-corrected chi connectivity index (χ1v) is 11.1.